The number of thiazole rings is 1. The average molecular weight is 412 g/mol. The number of aliphatic hydroxyl groups is 1. The average Bonchev–Trinajstić information content (AvgIpc) is 3.47. The quantitative estimate of drug-likeness (QED) is 0.472. The first kappa shape index (κ1) is 18.9. The minimum atomic E-state index is -1.19. The van der Waals surface area contributed by atoms with Crippen LogP contribution in [0.5, 0.6) is 0 Å². The highest BCUT2D eigenvalue weighted by Gasteiger charge is 2.53. The normalized spacial score (nSPS) is 19.9. The lowest BCUT2D eigenvalue weighted by molar-refractivity contribution is -0.0257. The highest BCUT2D eigenvalue weighted by molar-refractivity contribution is 7.18. The van der Waals surface area contributed by atoms with Gasteiger partial charge in [0.2, 0.25) is 0 Å². The van der Waals surface area contributed by atoms with Crippen LogP contribution >= 0.6 is 11.3 Å². The molecule has 2 aromatic carbocycles. The van der Waals surface area contributed by atoms with Gasteiger partial charge in [0, 0.05) is 18.6 Å². The second-order valence-corrected chi connectivity index (χ2v) is 8.45. The largest absolute Gasteiger partial charge is 0.382 e. The first-order valence-corrected chi connectivity index (χ1v) is 10.8. The molecular formula is C25H21N3OS. The second kappa shape index (κ2) is 7.27. The Bertz CT molecular complexity index is 1240. The minimum Gasteiger partial charge on any atom is -0.382 e. The molecule has 3 heterocycles. The van der Waals surface area contributed by atoms with Gasteiger partial charge in [-0.3, -0.25) is 9.98 Å². The molecule has 1 N–H and O–H groups in total. The smallest absolute Gasteiger partial charge is 0.163 e. The van der Waals surface area contributed by atoms with Crippen molar-refractivity contribution in [2.45, 2.75) is 24.5 Å². The number of aliphatic imine (C=N–C) groups is 1. The fourth-order valence-electron chi connectivity index (χ4n) is 4.15. The molecule has 0 saturated heterocycles. The van der Waals surface area contributed by atoms with Crippen LogP contribution < -0.4 is 0 Å². The number of fused-ring (bicyclic) bond motifs is 1. The standard InChI is InChI=1S/C25H21N3OS/c1-2-25(29,20-7-4-3-5-8-20)24(13-6-14-27-24)23-28-21-10-9-19(17-22(21)30-23)18-11-15-26-16-12-18/h3-17,29H,2H2,1H3. The number of rotatable bonds is 5. The summed E-state index contributed by atoms with van der Waals surface area (Å²) >= 11 is 1.59. The summed E-state index contributed by atoms with van der Waals surface area (Å²) in [7, 11) is 0. The minimum absolute atomic E-state index is 0.511. The van der Waals surface area contributed by atoms with E-state index in [1.807, 2.05) is 67.6 Å². The molecule has 0 saturated carbocycles. The van der Waals surface area contributed by atoms with Crippen molar-refractivity contribution in [2.75, 3.05) is 0 Å². The Balaban J connectivity index is 1.67. The van der Waals surface area contributed by atoms with Crippen LogP contribution in [-0.4, -0.2) is 21.3 Å². The first-order valence-electron chi connectivity index (χ1n) is 9.99. The van der Waals surface area contributed by atoms with Crippen molar-refractivity contribution in [3.8, 4) is 11.1 Å². The third-order valence-corrected chi connectivity index (χ3v) is 6.97. The number of hydrogen-bond donors (Lipinski definition) is 1. The van der Waals surface area contributed by atoms with Crippen molar-refractivity contribution in [3.05, 3.63) is 95.8 Å². The van der Waals surface area contributed by atoms with Gasteiger partial charge in [-0.05, 0) is 59.5 Å². The molecule has 0 bridgehead atoms. The highest BCUT2D eigenvalue weighted by atomic mass is 32.1. The zero-order valence-electron chi connectivity index (χ0n) is 16.6. The Morgan fingerprint density at radius 2 is 1.80 bits per heavy atom. The summed E-state index contributed by atoms with van der Waals surface area (Å²) in [4.78, 5) is 13.8. The van der Waals surface area contributed by atoms with Crippen molar-refractivity contribution in [1.82, 2.24) is 9.97 Å². The predicted molar refractivity (Wildman–Crippen MR) is 123 cm³/mol. The molecule has 5 heteroatoms. The Labute approximate surface area is 179 Å². The van der Waals surface area contributed by atoms with Gasteiger partial charge in [0.15, 0.2) is 5.54 Å². The number of aromatic nitrogens is 2. The molecule has 2 atom stereocenters. The maximum atomic E-state index is 11.9. The maximum absolute atomic E-state index is 11.9. The lowest BCUT2D eigenvalue weighted by Crippen LogP contribution is -2.45. The van der Waals surface area contributed by atoms with Gasteiger partial charge in [0.25, 0.3) is 0 Å². The van der Waals surface area contributed by atoms with Crippen molar-refractivity contribution < 1.29 is 5.11 Å². The molecule has 0 aliphatic carbocycles. The fraction of sp³-hybridized carbons (Fsp3) is 0.160. The molecule has 0 radical (unpaired) electrons. The molecule has 4 aromatic rings. The summed E-state index contributed by atoms with van der Waals surface area (Å²) < 4.78 is 1.07. The van der Waals surface area contributed by atoms with E-state index in [1.54, 1.807) is 29.9 Å². The Morgan fingerprint density at radius 1 is 1.00 bits per heavy atom. The van der Waals surface area contributed by atoms with Crippen LogP contribution in [0.4, 0.5) is 0 Å². The summed E-state index contributed by atoms with van der Waals surface area (Å²) in [6.07, 6.45) is 9.75. The molecule has 5 rings (SSSR count). The molecule has 0 amide bonds. The van der Waals surface area contributed by atoms with E-state index in [0.717, 1.165) is 31.9 Å². The third kappa shape index (κ3) is 2.82. The molecule has 0 spiro atoms. The molecule has 148 valence electrons. The number of nitrogens with zero attached hydrogens (tertiary/aromatic N) is 3. The van der Waals surface area contributed by atoms with Gasteiger partial charge >= 0.3 is 0 Å². The van der Waals surface area contributed by atoms with E-state index in [4.69, 9.17) is 9.98 Å². The lowest BCUT2D eigenvalue weighted by atomic mass is 9.74. The van der Waals surface area contributed by atoms with Crippen molar-refractivity contribution in [2.24, 2.45) is 4.99 Å². The van der Waals surface area contributed by atoms with E-state index < -0.39 is 11.1 Å². The maximum Gasteiger partial charge on any atom is 0.163 e. The molecule has 1 aliphatic rings. The number of hydrogen-bond acceptors (Lipinski definition) is 5. The van der Waals surface area contributed by atoms with E-state index in [1.165, 1.54) is 0 Å². The van der Waals surface area contributed by atoms with Gasteiger partial charge in [0.05, 0.1) is 10.2 Å². The summed E-state index contributed by atoms with van der Waals surface area (Å²) in [6, 6.07) is 20.0. The number of benzene rings is 2. The van der Waals surface area contributed by atoms with Crippen LogP contribution in [0.1, 0.15) is 23.9 Å². The van der Waals surface area contributed by atoms with Crippen LogP contribution in [0, 0.1) is 0 Å². The van der Waals surface area contributed by atoms with Gasteiger partial charge in [0.1, 0.15) is 10.6 Å². The molecule has 2 aromatic heterocycles. The third-order valence-electron chi connectivity index (χ3n) is 5.82. The summed E-state index contributed by atoms with van der Waals surface area (Å²) in [5.74, 6) is 0. The Kier molecular flexibility index (Phi) is 4.57. The molecule has 2 unspecified atom stereocenters. The molecule has 30 heavy (non-hydrogen) atoms. The van der Waals surface area contributed by atoms with Gasteiger partial charge in [-0.15, -0.1) is 11.3 Å². The Hall–Kier alpha value is -3.15. The zero-order chi connectivity index (χ0) is 20.6. The van der Waals surface area contributed by atoms with Crippen LogP contribution in [0.25, 0.3) is 21.3 Å². The van der Waals surface area contributed by atoms with Crippen molar-refractivity contribution >= 4 is 27.8 Å². The SMILES string of the molecule is CCC(O)(c1ccccc1)C1(c2nc3ccc(-c4ccncc4)cc3s2)C=CC=N1. The molecule has 0 fully saturated rings. The second-order valence-electron chi connectivity index (χ2n) is 7.42. The number of pyridine rings is 1. The first-order chi connectivity index (χ1) is 14.7. The zero-order valence-corrected chi connectivity index (χ0v) is 17.4. The summed E-state index contributed by atoms with van der Waals surface area (Å²) in [5.41, 5.74) is 1.85. The van der Waals surface area contributed by atoms with E-state index in [0.29, 0.717) is 6.42 Å². The van der Waals surface area contributed by atoms with Crippen molar-refractivity contribution in [1.29, 1.82) is 0 Å². The molecule has 1 aliphatic heterocycles. The molecular weight excluding hydrogens is 390 g/mol. The van der Waals surface area contributed by atoms with Gasteiger partial charge in [-0.25, -0.2) is 4.98 Å². The van der Waals surface area contributed by atoms with Crippen LogP contribution in [0.2, 0.25) is 0 Å². The summed E-state index contributed by atoms with van der Waals surface area (Å²) in [5, 5.41) is 12.7. The van der Waals surface area contributed by atoms with E-state index in [-0.39, 0.29) is 0 Å². The van der Waals surface area contributed by atoms with E-state index >= 15 is 0 Å². The fourth-order valence-corrected chi connectivity index (χ4v) is 5.35. The topological polar surface area (TPSA) is 58.4 Å². The monoisotopic (exact) mass is 411 g/mol. The molecule has 4 nitrogen and oxygen atoms in total. The summed E-state index contributed by atoms with van der Waals surface area (Å²) in [6.45, 7) is 1.99. The van der Waals surface area contributed by atoms with Gasteiger partial charge < -0.3 is 5.11 Å². The number of allylic oxidation sites excluding steroid dienone is 1. The van der Waals surface area contributed by atoms with Crippen molar-refractivity contribution in [3.63, 3.8) is 0 Å². The Morgan fingerprint density at radius 3 is 2.50 bits per heavy atom. The van der Waals surface area contributed by atoms with Gasteiger partial charge in [-0.1, -0.05) is 43.3 Å². The van der Waals surface area contributed by atoms with E-state index in [2.05, 4.69) is 17.1 Å². The van der Waals surface area contributed by atoms with Crippen LogP contribution in [-0.2, 0) is 11.1 Å². The van der Waals surface area contributed by atoms with Crippen LogP contribution in [0.15, 0.2) is 90.2 Å². The van der Waals surface area contributed by atoms with Crippen LogP contribution in [0.3, 0.4) is 0 Å². The lowest BCUT2D eigenvalue weighted by Gasteiger charge is -2.40. The van der Waals surface area contributed by atoms with E-state index in [9.17, 15) is 5.11 Å². The van der Waals surface area contributed by atoms with Gasteiger partial charge in [-0.2, -0.15) is 0 Å². The highest BCUT2D eigenvalue weighted by Crippen LogP contribution is 2.50. The predicted octanol–water partition coefficient (Wildman–Crippen LogP) is 5.49.